The molecule has 0 saturated carbocycles. The van der Waals surface area contributed by atoms with Gasteiger partial charge in [0.15, 0.2) is 5.96 Å². The van der Waals surface area contributed by atoms with Crippen molar-refractivity contribution in [2.24, 2.45) is 10.7 Å². The quantitative estimate of drug-likeness (QED) is 0.898. The number of guanidine groups is 1. The van der Waals surface area contributed by atoms with E-state index in [0.717, 1.165) is 15.7 Å². The Bertz CT molecular complexity index is 714. The van der Waals surface area contributed by atoms with Crippen LogP contribution in [0.25, 0.3) is 0 Å². The van der Waals surface area contributed by atoms with Crippen molar-refractivity contribution in [1.82, 2.24) is 0 Å². The molecule has 21 heavy (non-hydrogen) atoms. The van der Waals surface area contributed by atoms with E-state index in [2.05, 4.69) is 20.9 Å². The standard InChI is InChI=1S/C16H15BrFN3/c1-10-3-2-4-12(7-10)21-15(9-20-16(21)19)13-8-11(17)5-6-14(13)18/h2-8,15H,9H2,1H3,(H2,19,20). The minimum atomic E-state index is -0.245. The Labute approximate surface area is 131 Å². The molecule has 1 atom stereocenters. The monoisotopic (exact) mass is 347 g/mol. The van der Waals surface area contributed by atoms with Crippen LogP contribution in [0.15, 0.2) is 51.9 Å². The maximum atomic E-state index is 14.2. The largest absolute Gasteiger partial charge is 0.369 e. The van der Waals surface area contributed by atoms with Gasteiger partial charge in [-0.15, -0.1) is 0 Å². The fourth-order valence-electron chi connectivity index (χ4n) is 2.59. The molecule has 1 aliphatic rings. The third kappa shape index (κ3) is 2.65. The molecular weight excluding hydrogens is 333 g/mol. The summed E-state index contributed by atoms with van der Waals surface area (Å²) in [5, 5.41) is 0. The molecule has 2 aromatic carbocycles. The maximum absolute atomic E-state index is 14.2. The van der Waals surface area contributed by atoms with Crippen LogP contribution in [0.5, 0.6) is 0 Å². The second kappa shape index (κ2) is 5.48. The van der Waals surface area contributed by atoms with E-state index < -0.39 is 0 Å². The highest BCUT2D eigenvalue weighted by molar-refractivity contribution is 9.10. The van der Waals surface area contributed by atoms with E-state index in [9.17, 15) is 4.39 Å². The predicted octanol–water partition coefficient (Wildman–Crippen LogP) is 3.77. The van der Waals surface area contributed by atoms with Crippen LogP contribution in [0.1, 0.15) is 17.2 Å². The van der Waals surface area contributed by atoms with Crippen LogP contribution >= 0.6 is 15.9 Å². The van der Waals surface area contributed by atoms with Crippen LogP contribution in [-0.2, 0) is 0 Å². The van der Waals surface area contributed by atoms with E-state index in [1.54, 1.807) is 12.1 Å². The Morgan fingerprint density at radius 1 is 1.29 bits per heavy atom. The summed E-state index contributed by atoms with van der Waals surface area (Å²) in [5.74, 6) is 0.177. The number of aryl methyl sites for hydroxylation is 1. The molecular formula is C16H15BrFN3. The first-order valence-electron chi connectivity index (χ1n) is 6.67. The van der Waals surface area contributed by atoms with Gasteiger partial charge in [0.25, 0.3) is 0 Å². The number of hydrogen-bond donors (Lipinski definition) is 1. The zero-order valence-corrected chi connectivity index (χ0v) is 13.1. The average Bonchev–Trinajstić information content (AvgIpc) is 2.83. The molecule has 0 aliphatic carbocycles. The molecule has 5 heteroatoms. The van der Waals surface area contributed by atoms with Crippen LogP contribution in [0.4, 0.5) is 10.1 Å². The minimum absolute atomic E-state index is 0.218. The van der Waals surface area contributed by atoms with E-state index in [4.69, 9.17) is 5.73 Å². The van der Waals surface area contributed by atoms with Crippen molar-refractivity contribution >= 4 is 27.6 Å². The van der Waals surface area contributed by atoms with Crippen molar-refractivity contribution in [2.45, 2.75) is 13.0 Å². The van der Waals surface area contributed by atoms with Gasteiger partial charge in [-0.2, -0.15) is 0 Å². The lowest BCUT2D eigenvalue weighted by Gasteiger charge is -2.27. The number of hydrogen-bond acceptors (Lipinski definition) is 3. The Kier molecular flexibility index (Phi) is 3.68. The lowest BCUT2D eigenvalue weighted by Crippen LogP contribution is -2.36. The van der Waals surface area contributed by atoms with Gasteiger partial charge in [-0.25, -0.2) is 4.39 Å². The Morgan fingerprint density at radius 3 is 2.86 bits per heavy atom. The van der Waals surface area contributed by atoms with E-state index in [0.29, 0.717) is 18.1 Å². The lowest BCUT2D eigenvalue weighted by atomic mass is 10.0. The number of anilines is 1. The SMILES string of the molecule is Cc1cccc(N2C(N)=NCC2c2cc(Br)ccc2F)c1. The molecule has 1 unspecified atom stereocenters. The van der Waals surface area contributed by atoms with Crippen molar-refractivity contribution in [3.63, 3.8) is 0 Å². The fourth-order valence-corrected chi connectivity index (χ4v) is 2.97. The van der Waals surface area contributed by atoms with Gasteiger partial charge in [-0.3, -0.25) is 4.99 Å². The zero-order valence-electron chi connectivity index (χ0n) is 11.6. The summed E-state index contributed by atoms with van der Waals surface area (Å²) in [4.78, 5) is 6.18. The second-order valence-corrected chi connectivity index (χ2v) is 6.01. The molecule has 108 valence electrons. The van der Waals surface area contributed by atoms with Crippen molar-refractivity contribution in [2.75, 3.05) is 11.4 Å². The van der Waals surface area contributed by atoms with Crippen LogP contribution < -0.4 is 10.6 Å². The Balaban J connectivity index is 2.05. The first-order chi connectivity index (χ1) is 10.1. The molecule has 0 radical (unpaired) electrons. The third-order valence-corrected chi connectivity index (χ3v) is 4.07. The molecule has 0 fully saturated rings. The van der Waals surface area contributed by atoms with Crippen LogP contribution in [0.3, 0.4) is 0 Å². The van der Waals surface area contributed by atoms with Crippen molar-refractivity contribution in [3.8, 4) is 0 Å². The van der Waals surface area contributed by atoms with Gasteiger partial charge in [0, 0.05) is 15.7 Å². The van der Waals surface area contributed by atoms with Gasteiger partial charge >= 0.3 is 0 Å². The molecule has 0 amide bonds. The summed E-state index contributed by atoms with van der Waals surface area (Å²) in [6.07, 6.45) is 0. The van der Waals surface area contributed by atoms with E-state index in [1.807, 2.05) is 36.1 Å². The first-order valence-corrected chi connectivity index (χ1v) is 7.46. The summed E-state index contributed by atoms with van der Waals surface area (Å²) < 4.78 is 15.0. The highest BCUT2D eigenvalue weighted by atomic mass is 79.9. The molecule has 3 nitrogen and oxygen atoms in total. The normalized spacial score (nSPS) is 18.0. The zero-order chi connectivity index (χ0) is 15.0. The summed E-state index contributed by atoms with van der Waals surface area (Å²) in [7, 11) is 0. The molecule has 2 N–H and O–H groups in total. The summed E-state index contributed by atoms with van der Waals surface area (Å²) >= 11 is 3.39. The number of nitrogens with two attached hydrogens (primary N) is 1. The predicted molar refractivity (Wildman–Crippen MR) is 87.0 cm³/mol. The van der Waals surface area contributed by atoms with Crippen molar-refractivity contribution < 1.29 is 4.39 Å². The number of aliphatic imine (C=N–C) groups is 1. The maximum Gasteiger partial charge on any atom is 0.196 e. The van der Waals surface area contributed by atoms with Gasteiger partial charge < -0.3 is 10.6 Å². The fraction of sp³-hybridized carbons (Fsp3) is 0.188. The Morgan fingerprint density at radius 2 is 2.10 bits per heavy atom. The van der Waals surface area contributed by atoms with E-state index in [-0.39, 0.29) is 11.9 Å². The van der Waals surface area contributed by atoms with Gasteiger partial charge in [0.1, 0.15) is 5.82 Å². The molecule has 0 bridgehead atoms. The van der Waals surface area contributed by atoms with E-state index >= 15 is 0 Å². The molecule has 0 saturated heterocycles. The van der Waals surface area contributed by atoms with Crippen molar-refractivity contribution in [1.29, 1.82) is 0 Å². The van der Waals surface area contributed by atoms with Gasteiger partial charge in [-0.1, -0.05) is 28.1 Å². The summed E-state index contributed by atoms with van der Waals surface area (Å²) in [6.45, 7) is 2.47. The van der Waals surface area contributed by atoms with Gasteiger partial charge in [0.2, 0.25) is 0 Å². The number of nitrogens with zero attached hydrogens (tertiary/aromatic N) is 2. The van der Waals surface area contributed by atoms with Crippen LogP contribution in [0.2, 0.25) is 0 Å². The van der Waals surface area contributed by atoms with Crippen LogP contribution in [0, 0.1) is 12.7 Å². The summed E-state index contributed by atoms with van der Waals surface area (Å²) in [5.41, 5.74) is 8.67. The molecule has 3 rings (SSSR count). The molecule has 1 heterocycles. The first kappa shape index (κ1) is 14.1. The summed E-state index contributed by atoms with van der Waals surface area (Å²) in [6, 6.07) is 12.7. The highest BCUT2D eigenvalue weighted by Crippen LogP contribution is 2.33. The number of rotatable bonds is 2. The third-order valence-electron chi connectivity index (χ3n) is 3.58. The topological polar surface area (TPSA) is 41.6 Å². The van der Waals surface area contributed by atoms with Gasteiger partial charge in [0.05, 0.1) is 12.6 Å². The average molecular weight is 348 g/mol. The number of halogens is 2. The smallest absolute Gasteiger partial charge is 0.196 e. The minimum Gasteiger partial charge on any atom is -0.369 e. The highest BCUT2D eigenvalue weighted by Gasteiger charge is 2.30. The lowest BCUT2D eigenvalue weighted by molar-refractivity contribution is 0.589. The Hall–Kier alpha value is -1.88. The van der Waals surface area contributed by atoms with Crippen molar-refractivity contribution in [3.05, 3.63) is 63.9 Å². The van der Waals surface area contributed by atoms with Crippen LogP contribution in [-0.4, -0.2) is 12.5 Å². The molecule has 1 aliphatic heterocycles. The molecule has 2 aromatic rings. The van der Waals surface area contributed by atoms with Gasteiger partial charge in [-0.05, 0) is 42.8 Å². The second-order valence-electron chi connectivity index (χ2n) is 5.09. The molecule has 0 spiro atoms. The molecule has 0 aromatic heterocycles. The van der Waals surface area contributed by atoms with E-state index in [1.165, 1.54) is 6.07 Å². The number of benzene rings is 2.